The molecule has 1 atom stereocenters. The summed E-state index contributed by atoms with van der Waals surface area (Å²) in [4.78, 5) is 8.94. The normalized spacial score (nSPS) is 18.9. The fourth-order valence-electron chi connectivity index (χ4n) is 2.44. The van der Waals surface area contributed by atoms with Crippen molar-refractivity contribution in [2.24, 2.45) is 5.92 Å². The summed E-state index contributed by atoms with van der Waals surface area (Å²) in [6, 6.07) is 0. The number of nitrogens with one attached hydrogen (secondary N) is 1. The zero-order valence-corrected chi connectivity index (χ0v) is 13.1. The topological polar surface area (TPSA) is 55.6 Å². The van der Waals surface area contributed by atoms with Crippen LogP contribution in [-0.4, -0.2) is 25.5 Å². The van der Waals surface area contributed by atoms with Crippen molar-refractivity contribution in [1.82, 2.24) is 18.9 Å². The Hall–Kier alpha value is -1.43. The summed E-state index contributed by atoms with van der Waals surface area (Å²) < 4.78 is 6.69. The average Bonchev–Trinajstić information content (AvgIpc) is 3.04. The van der Waals surface area contributed by atoms with Crippen LogP contribution in [0.15, 0.2) is 12.4 Å². The number of aromatic nitrogens is 4. The largest absolute Gasteiger partial charge is 0.360 e. The molecule has 3 heterocycles. The molecule has 1 aliphatic rings. The lowest BCUT2D eigenvalue weighted by atomic mass is 9.96. The van der Waals surface area contributed by atoms with E-state index in [1.807, 2.05) is 6.20 Å². The van der Waals surface area contributed by atoms with E-state index in [2.05, 4.69) is 51.2 Å². The maximum atomic E-state index is 4.58. The van der Waals surface area contributed by atoms with Gasteiger partial charge in [0.25, 0.3) is 0 Å². The van der Waals surface area contributed by atoms with Crippen molar-refractivity contribution in [3.05, 3.63) is 24.0 Å². The van der Waals surface area contributed by atoms with Gasteiger partial charge in [0.05, 0.1) is 0 Å². The number of imidazole rings is 1. The Bertz CT molecular complexity index is 580. The maximum absolute atomic E-state index is 4.58. The molecule has 0 saturated carbocycles. The summed E-state index contributed by atoms with van der Waals surface area (Å²) >= 11 is 1.46. The smallest absolute Gasteiger partial charge is 0.202 e. The van der Waals surface area contributed by atoms with Gasteiger partial charge in [-0.2, -0.15) is 4.37 Å². The van der Waals surface area contributed by atoms with E-state index in [9.17, 15) is 0 Å². The van der Waals surface area contributed by atoms with Crippen molar-refractivity contribution in [2.75, 3.05) is 11.9 Å². The first kappa shape index (κ1) is 13.5. The first-order valence-corrected chi connectivity index (χ1v) is 7.88. The molecule has 3 rings (SSSR count). The van der Waals surface area contributed by atoms with Gasteiger partial charge in [0.15, 0.2) is 0 Å². The lowest BCUT2D eigenvalue weighted by molar-refractivity contribution is 0.381. The second-order valence-electron chi connectivity index (χ2n) is 6.45. The Morgan fingerprint density at radius 2 is 2.30 bits per heavy atom. The van der Waals surface area contributed by atoms with Crippen molar-refractivity contribution in [3.8, 4) is 0 Å². The summed E-state index contributed by atoms with van der Waals surface area (Å²) in [7, 11) is 0. The standard InChI is InChI=1S/C14H21N5S/c1-14(2,3)12-17-13(20-18-12)16-8-10-4-5-11-15-6-7-19(11)9-10/h6-7,10H,4-5,8-9H2,1-3H3,(H,16,17,18)/t10-/m1/s1. The fourth-order valence-corrected chi connectivity index (χ4v) is 3.20. The number of aryl methyl sites for hydroxylation is 1. The molecular weight excluding hydrogens is 270 g/mol. The number of fused-ring (bicyclic) bond motifs is 1. The Kier molecular flexibility index (Phi) is 3.50. The molecule has 0 bridgehead atoms. The van der Waals surface area contributed by atoms with Crippen molar-refractivity contribution in [1.29, 1.82) is 0 Å². The lowest BCUT2D eigenvalue weighted by Crippen LogP contribution is -2.25. The molecule has 108 valence electrons. The van der Waals surface area contributed by atoms with Crippen molar-refractivity contribution < 1.29 is 0 Å². The monoisotopic (exact) mass is 291 g/mol. The molecule has 1 aliphatic heterocycles. The molecule has 5 nitrogen and oxygen atoms in total. The maximum Gasteiger partial charge on any atom is 0.202 e. The van der Waals surface area contributed by atoms with Gasteiger partial charge in [-0.05, 0) is 12.3 Å². The predicted molar refractivity (Wildman–Crippen MR) is 81.1 cm³/mol. The van der Waals surface area contributed by atoms with Crippen LogP contribution in [0.1, 0.15) is 38.8 Å². The van der Waals surface area contributed by atoms with Gasteiger partial charge in [-0.25, -0.2) is 9.97 Å². The molecular formula is C14H21N5S. The quantitative estimate of drug-likeness (QED) is 0.944. The zero-order chi connectivity index (χ0) is 14.2. The van der Waals surface area contributed by atoms with E-state index >= 15 is 0 Å². The van der Waals surface area contributed by atoms with Crippen LogP contribution in [0.5, 0.6) is 0 Å². The Morgan fingerprint density at radius 3 is 3.05 bits per heavy atom. The van der Waals surface area contributed by atoms with Gasteiger partial charge in [0.1, 0.15) is 11.6 Å². The summed E-state index contributed by atoms with van der Waals surface area (Å²) in [5, 5.41) is 4.38. The number of rotatable bonds is 3. The van der Waals surface area contributed by atoms with Gasteiger partial charge < -0.3 is 9.88 Å². The van der Waals surface area contributed by atoms with Crippen LogP contribution in [-0.2, 0) is 18.4 Å². The number of nitrogens with zero attached hydrogens (tertiary/aromatic N) is 4. The van der Waals surface area contributed by atoms with E-state index in [4.69, 9.17) is 0 Å². The molecule has 6 heteroatoms. The van der Waals surface area contributed by atoms with Crippen molar-refractivity contribution in [3.63, 3.8) is 0 Å². The van der Waals surface area contributed by atoms with Crippen LogP contribution in [0.2, 0.25) is 0 Å². The van der Waals surface area contributed by atoms with E-state index in [0.717, 1.165) is 30.5 Å². The second-order valence-corrected chi connectivity index (χ2v) is 7.21. The van der Waals surface area contributed by atoms with Gasteiger partial charge >= 0.3 is 0 Å². The van der Waals surface area contributed by atoms with Crippen LogP contribution in [0, 0.1) is 5.92 Å². The Morgan fingerprint density at radius 1 is 1.45 bits per heavy atom. The van der Waals surface area contributed by atoms with E-state index in [-0.39, 0.29) is 5.41 Å². The first-order valence-electron chi connectivity index (χ1n) is 7.10. The molecule has 0 unspecified atom stereocenters. The zero-order valence-electron chi connectivity index (χ0n) is 12.3. The third-order valence-corrected chi connectivity index (χ3v) is 4.34. The number of hydrogen-bond donors (Lipinski definition) is 1. The molecule has 0 spiro atoms. The van der Waals surface area contributed by atoms with Crippen molar-refractivity contribution in [2.45, 2.75) is 45.6 Å². The van der Waals surface area contributed by atoms with Crippen LogP contribution in [0.3, 0.4) is 0 Å². The molecule has 20 heavy (non-hydrogen) atoms. The van der Waals surface area contributed by atoms with Gasteiger partial charge in [0.2, 0.25) is 5.13 Å². The summed E-state index contributed by atoms with van der Waals surface area (Å²) in [6.45, 7) is 8.42. The molecule has 0 aliphatic carbocycles. The first-order chi connectivity index (χ1) is 9.52. The van der Waals surface area contributed by atoms with Crippen LogP contribution >= 0.6 is 11.5 Å². The summed E-state index contributed by atoms with van der Waals surface area (Å²) in [5.74, 6) is 2.77. The average molecular weight is 291 g/mol. The SMILES string of the molecule is CC(C)(C)c1nsc(NC[C@H]2CCc3nccn3C2)n1. The minimum absolute atomic E-state index is 0.0208. The van der Waals surface area contributed by atoms with Gasteiger partial charge in [-0.3, -0.25) is 0 Å². The summed E-state index contributed by atoms with van der Waals surface area (Å²) in [6.07, 6.45) is 6.23. The highest BCUT2D eigenvalue weighted by Gasteiger charge is 2.21. The second kappa shape index (κ2) is 5.16. The molecule has 2 aromatic rings. The molecule has 0 fully saturated rings. The third kappa shape index (κ3) is 2.85. The minimum atomic E-state index is 0.0208. The van der Waals surface area contributed by atoms with Gasteiger partial charge in [-0.15, -0.1) is 0 Å². The van der Waals surface area contributed by atoms with E-state index in [0.29, 0.717) is 5.92 Å². The van der Waals surface area contributed by atoms with Crippen LogP contribution in [0.4, 0.5) is 5.13 Å². The Balaban J connectivity index is 1.57. The minimum Gasteiger partial charge on any atom is -0.360 e. The lowest BCUT2D eigenvalue weighted by Gasteiger charge is -2.23. The molecule has 0 saturated heterocycles. The van der Waals surface area contributed by atoms with Crippen LogP contribution in [0.25, 0.3) is 0 Å². The highest BCUT2D eigenvalue weighted by Crippen LogP contribution is 2.24. The number of anilines is 1. The van der Waals surface area contributed by atoms with Crippen LogP contribution < -0.4 is 5.32 Å². The molecule has 2 aromatic heterocycles. The molecule has 1 N–H and O–H groups in total. The van der Waals surface area contributed by atoms with E-state index in [1.165, 1.54) is 23.8 Å². The van der Waals surface area contributed by atoms with Gasteiger partial charge in [-0.1, -0.05) is 20.8 Å². The van der Waals surface area contributed by atoms with Crippen molar-refractivity contribution >= 4 is 16.7 Å². The fraction of sp³-hybridized carbons (Fsp3) is 0.643. The molecule has 0 amide bonds. The predicted octanol–water partition coefficient (Wildman–Crippen LogP) is 2.71. The Labute approximate surface area is 123 Å². The molecule has 0 radical (unpaired) electrons. The number of hydrogen-bond acceptors (Lipinski definition) is 5. The van der Waals surface area contributed by atoms with E-state index in [1.54, 1.807) is 0 Å². The van der Waals surface area contributed by atoms with Gasteiger partial charge in [0, 0.05) is 48.9 Å². The van der Waals surface area contributed by atoms with E-state index < -0.39 is 0 Å². The third-order valence-electron chi connectivity index (χ3n) is 3.67. The highest BCUT2D eigenvalue weighted by molar-refractivity contribution is 7.09. The summed E-state index contributed by atoms with van der Waals surface area (Å²) in [5.41, 5.74) is 0.0208. The molecule has 0 aromatic carbocycles. The highest BCUT2D eigenvalue weighted by atomic mass is 32.1.